The number of carboxylic acid groups (broad SMARTS) is 1. The summed E-state index contributed by atoms with van der Waals surface area (Å²) >= 11 is 0. The summed E-state index contributed by atoms with van der Waals surface area (Å²) in [5.74, 6) is -0.310. The van der Waals surface area contributed by atoms with Gasteiger partial charge in [0.2, 0.25) is 0 Å². The highest BCUT2D eigenvalue weighted by molar-refractivity contribution is 5.89. The van der Waals surface area contributed by atoms with Crippen LogP contribution in [0.15, 0.2) is 18.2 Å². The molecule has 6 nitrogen and oxygen atoms in total. The monoisotopic (exact) mass is 294 g/mol. The number of carbonyl (C=O) groups is 1. The molecular formula is C15H22N2O4. The van der Waals surface area contributed by atoms with Crippen LogP contribution in [-0.2, 0) is 4.74 Å². The molecule has 2 atom stereocenters. The fraction of sp³-hybridized carbons (Fsp3) is 0.533. The zero-order chi connectivity index (χ0) is 15.2. The van der Waals surface area contributed by atoms with Gasteiger partial charge in [0.25, 0.3) is 0 Å². The zero-order valence-corrected chi connectivity index (χ0v) is 12.4. The van der Waals surface area contributed by atoms with E-state index in [-0.39, 0.29) is 11.6 Å². The van der Waals surface area contributed by atoms with Gasteiger partial charge in [-0.1, -0.05) is 0 Å². The number of hydrogen-bond donors (Lipinski definition) is 3. The number of ether oxygens (including phenoxy) is 2. The van der Waals surface area contributed by atoms with Gasteiger partial charge in [-0.2, -0.15) is 0 Å². The van der Waals surface area contributed by atoms with Crippen molar-refractivity contribution in [3.63, 3.8) is 0 Å². The van der Waals surface area contributed by atoms with E-state index in [1.165, 1.54) is 6.07 Å². The molecule has 0 radical (unpaired) electrons. The summed E-state index contributed by atoms with van der Waals surface area (Å²) in [5, 5.41) is 15.8. The van der Waals surface area contributed by atoms with E-state index in [1.54, 1.807) is 19.2 Å². The van der Waals surface area contributed by atoms with Crippen LogP contribution in [0.4, 0.5) is 5.69 Å². The molecule has 0 bridgehead atoms. The zero-order valence-electron chi connectivity index (χ0n) is 12.4. The molecule has 3 N–H and O–H groups in total. The van der Waals surface area contributed by atoms with Crippen LogP contribution in [0.5, 0.6) is 5.75 Å². The summed E-state index contributed by atoms with van der Waals surface area (Å²) in [6.07, 6.45) is 0.889. The van der Waals surface area contributed by atoms with Crippen LogP contribution in [0.25, 0.3) is 0 Å². The van der Waals surface area contributed by atoms with Crippen molar-refractivity contribution in [1.29, 1.82) is 0 Å². The Hall–Kier alpha value is -1.79. The fourth-order valence-corrected chi connectivity index (χ4v) is 2.48. The molecule has 1 saturated heterocycles. The molecule has 0 saturated carbocycles. The lowest BCUT2D eigenvalue weighted by molar-refractivity contribution is 0.0697. The number of anilines is 1. The minimum Gasteiger partial charge on any atom is -0.495 e. The van der Waals surface area contributed by atoms with Crippen molar-refractivity contribution >= 4 is 11.7 Å². The van der Waals surface area contributed by atoms with Gasteiger partial charge in [-0.05, 0) is 31.5 Å². The van der Waals surface area contributed by atoms with Crippen LogP contribution in [0, 0.1) is 0 Å². The molecule has 0 aromatic heterocycles. The lowest BCUT2D eigenvalue weighted by Gasteiger charge is -2.27. The number of carboxylic acids is 1. The van der Waals surface area contributed by atoms with E-state index >= 15 is 0 Å². The predicted octanol–water partition coefficient (Wildman–Crippen LogP) is 1.57. The first-order valence-electron chi connectivity index (χ1n) is 7.09. The third kappa shape index (κ3) is 4.34. The lowest BCUT2D eigenvalue weighted by Crippen LogP contribution is -2.43. The molecule has 0 aliphatic carbocycles. The predicted molar refractivity (Wildman–Crippen MR) is 80.3 cm³/mol. The number of aromatic carboxylic acids is 1. The van der Waals surface area contributed by atoms with E-state index in [0.717, 1.165) is 19.6 Å². The van der Waals surface area contributed by atoms with Crippen LogP contribution < -0.4 is 15.4 Å². The lowest BCUT2D eigenvalue weighted by atomic mass is 10.1. The number of benzene rings is 1. The van der Waals surface area contributed by atoms with Crippen molar-refractivity contribution in [1.82, 2.24) is 5.32 Å². The van der Waals surface area contributed by atoms with Gasteiger partial charge >= 0.3 is 5.97 Å². The highest BCUT2D eigenvalue weighted by Crippen LogP contribution is 2.26. The minimum atomic E-state index is -0.948. The van der Waals surface area contributed by atoms with E-state index in [1.807, 2.05) is 0 Å². The molecule has 1 aromatic carbocycles. The standard InChI is InChI=1S/C15H22N2O4/c1-10(7-12-9-21-6-5-16-12)17-13-8-11(15(18)19)3-4-14(13)20-2/h3-4,8,10,12,16-17H,5-7,9H2,1-2H3,(H,18,19). The second-order valence-corrected chi connectivity index (χ2v) is 5.23. The van der Waals surface area contributed by atoms with Gasteiger partial charge in [0.15, 0.2) is 0 Å². The molecular weight excluding hydrogens is 272 g/mol. The minimum absolute atomic E-state index is 0.169. The summed E-state index contributed by atoms with van der Waals surface area (Å²) < 4.78 is 10.7. The first-order chi connectivity index (χ1) is 10.1. The Morgan fingerprint density at radius 1 is 1.62 bits per heavy atom. The summed E-state index contributed by atoms with van der Waals surface area (Å²) in [5.41, 5.74) is 0.936. The van der Waals surface area contributed by atoms with Crippen LogP contribution in [0.2, 0.25) is 0 Å². The third-order valence-corrected chi connectivity index (χ3v) is 3.48. The van der Waals surface area contributed by atoms with Gasteiger partial charge in [0.1, 0.15) is 5.75 Å². The molecule has 1 aliphatic heterocycles. The fourth-order valence-electron chi connectivity index (χ4n) is 2.48. The number of nitrogens with one attached hydrogen (secondary N) is 2. The second kappa shape index (κ2) is 7.28. The van der Waals surface area contributed by atoms with Crippen molar-refractivity contribution in [2.45, 2.75) is 25.4 Å². The van der Waals surface area contributed by atoms with Crippen LogP contribution in [-0.4, -0.2) is 50.0 Å². The van der Waals surface area contributed by atoms with E-state index in [9.17, 15) is 4.79 Å². The molecule has 116 valence electrons. The normalized spacial score (nSPS) is 19.8. The molecule has 2 unspecified atom stereocenters. The van der Waals surface area contributed by atoms with Gasteiger partial charge in [-0.25, -0.2) is 4.79 Å². The number of rotatable bonds is 6. The number of methoxy groups -OCH3 is 1. The molecule has 6 heteroatoms. The molecule has 0 amide bonds. The maximum atomic E-state index is 11.1. The molecule has 21 heavy (non-hydrogen) atoms. The first kappa shape index (κ1) is 15.6. The quantitative estimate of drug-likeness (QED) is 0.739. The Morgan fingerprint density at radius 3 is 3.05 bits per heavy atom. The van der Waals surface area contributed by atoms with Crippen molar-refractivity contribution in [3.8, 4) is 5.75 Å². The van der Waals surface area contributed by atoms with Crippen molar-refractivity contribution in [2.75, 3.05) is 32.2 Å². The van der Waals surface area contributed by atoms with Crippen molar-refractivity contribution < 1.29 is 19.4 Å². The Labute approximate surface area is 124 Å². The first-order valence-corrected chi connectivity index (χ1v) is 7.09. The third-order valence-electron chi connectivity index (χ3n) is 3.48. The summed E-state index contributed by atoms with van der Waals surface area (Å²) in [6, 6.07) is 5.29. The van der Waals surface area contributed by atoms with Crippen LogP contribution in [0.3, 0.4) is 0 Å². The van der Waals surface area contributed by atoms with Crippen molar-refractivity contribution in [2.24, 2.45) is 0 Å². The van der Waals surface area contributed by atoms with Crippen LogP contribution in [0.1, 0.15) is 23.7 Å². The van der Waals surface area contributed by atoms with Gasteiger partial charge in [0.05, 0.1) is 31.6 Å². The summed E-state index contributed by atoms with van der Waals surface area (Å²) in [6.45, 7) is 4.39. The molecule has 1 heterocycles. The molecule has 1 fully saturated rings. The largest absolute Gasteiger partial charge is 0.495 e. The molecule has 0 spiro atoms. The average Bonchev–Trinajstić information content (AvgIpc) is 2.48. The summed E-state index contributed by atoms with van der Waals surface area (Å²) in [7, 11) is 1.57. The molecule has 2 rings (SSSR count). The molecule has 1 aliphatic rings. The Morgan fingerprint density at radius 2 is 2.43 bits per heavy atom. The summed E-state index contributed by atoms with van der Waals surface area (Å²) in [4.78, 5) is 11.1. The van der Waals surface area contributed by atoms with Crippen molar-refractivity contribution in [3.05, 3.63) is 23.8 Å². The maximum Gasteiger partial charge on any atom is 0.335 e. The van der Waals surface area contributed by atoms with E-state index in [2.05, 4.69) is 17.6 Å². The SMILES string of the molecule is COc1ccc(C(=O)O)cc1NC(C)CC1COCCN1. The highest BCUT2D eigenvalue weighted by Gasteiger charge is 2.17. The van der Waals surface area contributed by atoms with E-state index < -0.39 is 5.97 Å². The average molecular weight is 294 g/mol. The maximum absolute atomic E-state index is 11.1. The van der Waals surface area contributed by atoms with Gasteiger partial charge in [0, 0.05) is 18.6 Å². The van der Waals surface area contributed by atoms with E-state index in [0.29, 0.717) is 24.1 Å². The molecule has 1 aromatic rings. The van der Waals surface area contributed by atoms with E-state index in [4.69, 9.17) is 14.6 Å². The van der Waals surface area contributed by atoms with Gasteiger partial charge in [-0.3, -0.25) is 0 Å². The highest BCUT2D eigenvalue weighted by atomic mass is 16.5. The van der Waals surface area contributed by atoms with Crippen LogP contribution >= 0.6 is 0 Å². The van der Waals surface area contributed by atoms with Gasteiger partial charge in [-0.15, -0.1) is 0 Å². The number of morpholine rings is 1. The second-order valence-electron chi connectivity index (χ2n) is 5.23. The number of hydrogen-bond acceptors (Lipinski definition) is 5. The smallest absolute Gasteiger partial charge is 0.335 e. The Kier molecular flexibility index (Phi) is 5.41. The Balaban J connectivity index is 2.02. The van der Waals surface area contributed by atoms with Gasteiger partial charge < -0.3 is 25.2 Å². The Bertz CT molecular complexity index is 487. The topological polar surface area (TPSA) is 79.8 Å².